The summed E-state index contributed by atoms with van der Waals surface area (Å²) in [7, 11) is 0. The fourth-order valence-electron chi connectivity index (χ4n) is 5.34. The van der Waals surface area contributed by atoms with Crippen molar-refractivity contribution in [3.05, 3.63) is 52.5 Å². The molecular formula is C19H21N3OS. The van der Waals surface area contributed by atoms with Crippen LogP contribution in [0.5, 0.6) is 0 Å². The second kappa shape index (κ2) is 5.48. The maximum Gasteiger partial charge on any atom is 0.186 e. The Labute approximate surface area is 145 Å². The number of aromatic nitrogens is 1. The van der Waals surface area contributed by atoms with Gasteiger partial charge in [0.15, 0.2) is 5.78 Å². The zero-order valence-electron chi connectivity index (χ0n) is 13.5. The summed E-state index contributed by atoms with van der Waals surface area (Å²) in [5, 5.41) is 7.76. The van der Waals surface area contributed by atoms with Crippen molar-refractivity contribution in [3.63, 3.8) is 0 Å². The van der Waals surface area contributed by atoms with Crippen molar-refractivity contribution >= 4 is 17.1 Å². The number of Topliss-reactive ketones (excluding diaryl/α,β-unsaturated/α-hetero) is 1. The van der Waals surface area contributed by atoms with Gasteiger partial charge in [-0.3, -0.25) is 14.7 Å². The van der Waals surface area contributed by atoms with Crippen molar-refractivity contribution in [2.75, 3.05) is 19.6 Å². The second-order valence-corrected chi connectivity index (χ2v) is 8.00. The molecule has 0 aliphatic carbocycles. The number of piperidine rings is 3. The largest absolute Gasteiger partial charge is 0.311 e. The van der Waals surface area contributed by atoms with Crippen LogP contribution in [0.3, 0.4) is 0 Å². The first-order chi connectivity index (χ1) is 11.8. The lowest BCUT2D eigenvalue weighted by Gasteiger charge is -2.57. The molecule has 0 radical (unpaired) electrons. The molecule has 124 valence electrons. The highest BCUT2D eigenvalue weighted by Crippen LogP contribution is 2.51. The molecule has 24 heavy (non-hydrogen) atoms. The van der Waals surface area contributed by atoms with E-state index in [2.05, 4.69) is 21.3 Å². The van der Waals surface area contributed by atoms with Gasteiger partial charge in [0.1, 0.15) is 5.54 Å². The molecule has 3 atom stereocenters. The van der Waals surface area contributed by atoms with Crippen molar-refractivity contribution in [2.45, 2.75) is 30.3 Å². The Kier molecular flexibility index (Phi) is 3.37. The molecule has 5 heteroatoms. The molecule has 0 aromatic carbocycles. The SMILES string of the molecule is O=C(c1ccsc1)C12C(c3cccnc3)CNC1C1CCN2CC1. The lowest BCUT2D eigenvalue weighted by molar-refractivity contribution is -0.0313. The first kappa shape index (κ1) is 14.8. The average Bonchev–Trinajstić information content (AvgIpc) is 3.32. The summed E-state index contributed by atoms with van der Waals surface area (Å²) >= 11 is 1.61. The minimum absolute atomic E-state index is 0.173. The maximum atomic E-state index is 13.7. The fraction of sp³-hybridized carbons (Fsp3) is 0.474. The number of carbonyl (C=O) groups excluding carboxylic acids is 1. The third-order valence-corrected chi connectivity index (χ3v) is 7.00. The first-order valence-corrected chi connectivity index (χ1v) is 9.71. The van der Waals surface area contributed by atoms with E-state index in [0.29, 0.717) is 11.7 Å². The van der Waals surface area contributed by atoms with Gasteiger partial charge in [0.05, 0.1) is 0 Å². The van der Waals surface area contributed by atoms with Gasteiger partial charge >= 0.3 is 0 Å². The molecule has 0 saturated carbocycles. The van der Waals surface area contributed by atoms with E-state index in [0.717, 1.165) is 25.2 Å². The van der Waals surface area contributed by atoms with E-state index in [4.69, 9.17) is 0 Å². The van der Waals surface area contributed by atoms with Gasteiger partial charge in [-0.1, -0.05) is 6.07 Å². The number of ketones is 1. The molecule has 6 rings (SSSR count). The van der Waals surface area contributed by atoms with E-state index in [-0.39, 0.29) is 12.0 Å². The van der Waals surface area contributed by atoms with Crippen LogP contribution >= 0.6 is 11.3 Å². The molecule has 1 N–H and O–H groups in total. The number of carbonyl (C=O) groups is 1. The second-order valence-electron chi connectivity index (χ2n) is 7.22. The van der Waals surface area contributed by atoms with Crippen LogP contribution in [0.2, 0.25) is 0 Å². The number of nitrogens with zero attached hydrogens (tertiary/aromatic N) is 2. The Bertz CT molecular complexity index is 739. The highest BCUT2D eigenvalue weighted by Gasteiger charge is 2.64. The van der Waals surface area contributed by atoms with Crippen LogP contribution in [0.4, 0.5) is 0 Å². The van der Waals surface area contributed by atoms with E-state index < -0.39 is 5.54 Å². The zero-order valence-corrected chi connectivity index (χ0v) is 14.3. The summed E-state index contributed by atoms with van der Waals surface area (Å²) in [6.07, 6.45) is 6.16. The minimum Gasteiger partial charge on any atom is -0.311 e. The smallest absolute Gasteiger partial charge is 0.186 e. The van der Waals surface area contributed by atoms with Crippen LogP contribution in [0.15, 0.2) is 41.4 Å². The predicted molar refractivity (Wildman–Crippen MR) is 94.4 cm³/mol. The van der Waals surface area contributed by atoms with E-state index >= 15 is 0 Å². The molecule has 3 unspecified atom stereocenters. The summed E-state index contributed by atoms with van der Waals surface area (Å²) in [6, 6.07) is 6.37. The van der Waals surface area contributed by atoms with Gasteiger partial charge in [-0.15, -0.1) is 0 Å². The van der Waals surface area contributed by atoms with Gasteiger partial charge < -0.3 is 5.32 Å². The number of rotatable bonds is 3. The molecule has 4 fully saturated rings. The summed E-state index contributed by atoms with van der Waals surface area (Å²) in [4.78, 5) is 20.6. The molecule has 4 aliphatic rings. The lowest BCUT2D eigenvalue weighted by Crippen LogP contribution is -2.72. The quantitative estimate of drug-likeness (QED) is 0.873. The van der Waals surface area contributed by atoms with E-state index in [1.165, 1.54) is 18.4 Å². The molecular weight excluding hydrogens is 318 g/mol. The van der Waals surface area contributed by atoms with Gasteiger partial charge in [0.25, 0.3) is 0 Å². The summed E-state index contributed by atoms with van der Waals surface area (Å²) in [5.41, 5.74) is 1.62. The molecule has 2 bridgehead atoms. The number of fused-ring (bicyclic) bond motifs is 2. The number of hydrogen-bond acceptors (Lipinski definition) is 5. The first-order valence-electron chi connectivity index (χ1n) is 8.77. The van der Waals surface area contributed by atoms with E-state index in [9.17, 15) is 4.79 Å². The Balaban J connectivity index is 1.68. The van der Waals surface area contributed by atoms with Crippen LogP contribution in [-0.4, -0.2) is 46.9 Å². The summed E-state index contributed by atoms with van der Waals surface area (Å²) in [6.45, 7) is 2.93. The zero-order chi connectivity index (χ0) is 16.1. The van der Waals surface area contributed by atoms with Crippen LogP contribution in [0.25, 0.3) is 0 Å². The topological polar surface area (TPSA) is 45.2 Å². The molecule has 2 aromatic rings. The number of nitrogens with one attached hydrogen (secondary N) is 1. The molecule has 4 saturated heterocycles. The van der Waals surface area contributed by atoms with Crippen molar-refractivity contribution in [1.29, 1.82) is 0 Å². The molecule has 2 aromatic heterocycles. The third kappa shape index (κ3) is 1.86. The maximum absolute atomic E-state index is 13.7. The Morgan fingerprint density at radius 3 is 2.92 bits per heavy atom. The van der Waals surface area contributed by atoms with E-state index in [1.54, 1.807) is 11.3 Å². The van der Waals surface area contributed by atoms with Crippen molar-refractivity contribution in [2.24, 2.45) is 5.92 Å². The molecule has 4 nitrogen and oxygen atoms in total. The minimum atomic E-state index is -0.439. The van der Waals surface area contributed by atoms with Crippen molar-refractivity contribution < 1.29 is 4.79 Å². The van der Waals surface area contributed by atoms with Gasteiger partial charge in [-0.05, 0) is 54.9 Å². The summed E-state index contributed by atoms with van der Waals surface area (Å²) < 4.78 is 0. The van der Waals surface area contributed by atoms with Gasteiger partial charge in [0, 0.05) is 41.8 Å². The molecule has 6 heterocycles. The average molecular weight is 339 g/mol. The Morgan fingerprint density at radius 1 is 1.33 bits per heavy atom. The van der Waals surface area contributed by atoms with Crippen LogP contribution in [0, 0.1) is 5.92 Å². The molecule has 4 aliphatic heterocycles. The number of thiophene rings is 1. The third-order valence-electron chi connectivity index (χ3n) is 6.32. The standard InChI is InChI=1S/C19H21N3OS/c23-18(15-5-9-24-12-15)19-16(14-2-1-6-20-10-14)11-21-17(19)13-3-7-22(19)8-4-13/h1-2,5-6,9-10,12-13,16-17,21H,3-4,7-8,11H2. The summed E-state index contributed by atoms with van der Waals surface area (Å²) in [5.74, 6) is 1.09. The number of hydrogen-bond donors (Lipinski definition) is 1. The van der Waals surface area contributed by atoms with Crippen LogP contribution < -0.4 is 5.32 Å². The number of pyridine rings is 1. The van der Waals surface area contributed by atoms with Gasteiger partial charge in [-0.2, -0.15) is 11.3 Å². The Hall–Kier alpha value is -1.56. The van der Waals surface area contributed by atoms with Gasteiger partial charge in [-0.25, -0.2) is 0 Å². The van der Waals surface area contributed by atoms with E-state index in [1.807, 2.05) is 35.3 Å². The molecule has 0 amide bonds. The van der Waals surface area contributed by atoms with Gasteiger partial charge in [0.2, 0.25) is 0 Å². The van der Waals surface area contributed by atoms with Crippen molar-refractivity contribution in [1.82, 2.24) is 15.2 Å². The Morgan fingerprint density at radius 2 is 2.21 bits per heavy atom. The van der Waals surface area contributed by atoms with Crippen LogP contribution in [0.1, 0.15) is 34.7 Å². The highest BCUT2D eigenvalue weighted by atomic mass is 32.1. The monoisotopic (exact) mass is 339 g/mol. The normalized spacial score (nSPS) is 37.3. The highest BCUT2D eigenvalue weighted by molar-refractivity contribution is 7.08. The predicted octanol–water partition coefficient (Wildman–Crippen LogP) is 2.55. The van der Waals surface area contributed by atoms with Crippen molar-refractivity contribution in [3.8, 4) is 0 Å². The van der Waals surface area contributed by atoms with Crippen LogP contribution in [-0.2, 0) is 0 Å². The fourth-order valence-corrected chi connectivity index (χ4v) is 5.98. The lowest BCUT2D eigenvalue weighted by atomic mass is 9.63. The molecule has 0 spiro atoms.